The predicted molar refractivity (Wildman–Crippen MR) is 287 cm³/mol. The summed E-state index contributed by atoms with van der Waals surface area (Å²) in [6.07, 6.45) is 3.71. The fraction of sp³-hybridized carbons (Fsp3) is 0.895. The average molecular weight is 1100 g/mol. The Balaban J connectivity index is 1.39. The zero-order chi connectivity index (χ0) is 57.1. The molecule has 3 rings (SSSR count). The van der Waals surface area contributed by atoms with Crippen LogP contribution < -0.4 is 16.4 Å². The molecule has 4 N–H and O–H groups in total. The van der Waals surface area contributed by atoms with Gasteiger partial charge in [-0.25, -0.2) is 0 Å². The molecule has 0 radical (unpaired) electrons. The van der Waals surface area contributed by atoms with Gasteiger partial charge in [-0.05, 0) is 80.0 Å². The number of unbranched alkanes of at least 4 members (excludes halogenated alkanes) is 2. The molecule has 446 valence electrons. The normalized spacial score (nSPS) is 30.2. The minimum absolute atomic E-state index is 0.000352. The maximum atomic E-state index is 12.8. The fourth-order valence-corrected chi connectivity index (χ4v) is 10.1. The largest absolute Gasteiger partial charge is 0.463 e. The van der Waals surface area contributed by atoms with E-state index in [0.717, 1.165) is 19.3 Å². The molecule has 0 aromatic rings. The first kappa shape index (κ1) is 67.9. The van der Waals surface area contributed by atoms with E-state index >= 15 is 0 Å². The molecule has 0 saturated carbocycles. The first-order valence-electron chi connectivity index (χ1n) is 28.7. The fourth-order valence-electron chi connectivity index (χ4n) is 10.1. The van der Waals surface area contributed by atoms with Crippen molar-refractivity contribution in [2.24, 2.45) is 59.0 Å². The van der Waals surface area contributed by atoms with Gasteiger partial charge in [0, 0.05) is 78.0 Å². The van der Waals surface area contributed by atoms with E-state index in [9.17, 15) is 28.8 Å². The number of carbonyl (C=O) groups is 6. The molecule has 0 aromatic heterocycles. The third kappa shape index (κ3) is 25.3. The number of nitrogens with one attached hydrogen (secondary N) is 2. The standard InChI is InChI=1S/C57H101N3O17/c1-36-39(4)49(75-50(40(36)5)30-72-45(10)61)19-13-15-23-59-53(65)21-28-68-34-57(58,33-67-27-20-48(64)18-14-16-25-70-55-43(8)37(2)41(6)51(76-55)31-73-46(11)62)35-69-29-22-54(66)60-24-17-26-71-56-44(9)38(3)42(7)52(77-56)32-74-47(12)63/h36-44,49-52,55-56H,13-35,58H2,1-12H3,(H,59,65)(H,60,66)/t36-,37+,38+,39?,40-,41-,42-,43?,44?,49+,50?,51?,52?,55-,56-,57?/m1/s1. The summed E-state index contributed by atoms with van der Waals surface area (Å²) >= 11 is 0. The Kier molecular flexibility index (Phi) is 31.9. The van der Waals surface area contributed by atoms with Gasteiger partial charge in [0.05, 0.1) is 76.2 Å². The van der Waals surface area contributed by atoms with Gasteiger partial charge in [-0.2, -0.15) is 0 Å². The number of hydrogen-bond acceptors (Lipinski definition) is 18. The average Bonchev–Trinajstić information content (AvgIpc) is 3.38. The van der Waals surface area contributed by atoms with E-state index in [1.807, 2.05) is 0 Å². The number of rotatable bonds is 37. The minimum atomic E-state index is -1.13. The summed E-state index contributed by atoms with van der Waals surface area (Å²) in [5.41, 5.74) is 5.65. The topological polar surface area (TPSA) is 254 Å². The molecule has 0 spiro atoms. The van der Waals surface area contributed by atoms with Crippen molar-refractivity contribution in [3.05, 3.63) is 0 Å². The van der Waals surface area contributed by atoms with Crippen LogP contribution >= 0.6 is 0 Å². The van der Waals surface area contributed by atoms with Gasteiger partial charge in [0.25, 0.3) is 0 Å². The van der Waals surface area contributed by atoms with Crippen LogP contribution in [0.25, 0.3) is 0 Å². The molecule has 0 bridgehead atoms. The zero-order valence-corrected chi connectivity index (χ0v) is 48.9. The van der Waals surface area contributed by atoms with Crippen LogP contribution in [-0.2, 0) is 80.9 Å². The number of hydrogen-bond donors (Lipinski definition) is 3. The predicted octanol–water partition coefficient (Wildman–Crippen LogP) is 6.10. The van der Waals surface area contributed by atoms with Crippen LogP contribution in [0.2, 0.25) is 0 Å². The second kappa shape index (κ2) is 36.1. The number of ether oxygens (including phenoxy) is 11. The SMILES string of the molecule is CC(=O)OCC1O[C@@H](OCCCCC(=O)CCOCC(N)(COCCC(=O)NCCCC[C@@H]2OC(COC(C)=O)[C@H](C)[C@H](C)C2C)COCCC(=O)NCCCO[C@@H]2OC(COC(C)=O)[C@H](C)[C@H](C)C2C)C(C)[C@@H](C)[C@H]1C. The summed E-state index contributed by atoms with van der Waals surface area (Å²) in [6, 6.07) is 0. The third-order valence-electron chi connectivity index (χ3n) is 16.4. The van der Waals surface area contributed by atoms with Gasteiger partial charge in [0.15, 0.2) is 12.6 Å². The zero-order valence-electron chi connectivity index (χ0n) is 48.9. The molecular weight excluding hydrogens is 999 g/mol. The summed E-state index contributed by atoms with van der Waals surface area (Å²) in [5, 5.41) is 5.87. The van der Waals surface area contributed by atoms with Crippen molar-refractivity contribution >= 4 is 35.5 Å². The van der Waals surface area contributed by atoms with Crippen molar-refractivity contribution in [2.45, 2.75) is 190 Å². The van der Waals surface area contributed by atoms with E-state index < -0.39 is 18.1 Å². The summed E-state index contributed by atoms with van der Waals surface area (Å²) < 4.78 is 64.3. The van der Waals surface area contributed by atoms with Crippen molar-refractivity contribution in [3.8, 4) is 0 Å². The second-order valence-electron chi connectivity index (χ2n) is 22.5. The van der Waals surface area contributed by atoms with Crippen LogP contribution in [0.1, 0.15) is 147 Å². The van der Waals surface area contributed by atoms with E-state index in [2.05, 4.69) is 72.9 Å². The maximum Gasteiger partial charge on any atom is 0.302 e. The van der Waals surface area contributed by atoms with Crippen molar-refractivity contribution in [2.75, 3.05) is 85.8 Å². The molecule has 20 heteroatoms. The Labute approximate surface area is 460 Å². The highest BCUT2D eigenvalue weighted by Crippen LogP contribution is 2.38. The summed E-state index contributed by atoms with van der Waals surface area (Å²) in [6.45, 7) is 26.1. The molecule has 3 fully saturated rings. The number of carbonyl (C=O) groups excluding carboxylic acids is 6. The lowest BCUT2D eigenvalue weighted by atomic mass is 9.75. The van der Waals surface area contributed by atoms with E-state index in [-0.39, 0.29) is 168 Å². The van der Waals surface area contributed by atoms with Crippen molar-refractivity contribution in [1.82, 2.24) is 10.6 Å². The van der Waals surface area contributed by atoms with Crippen LogP contribution in [0.3, 0.4) is 0 Å². The molecule has 16 atom stereocenters. The van der Waals surface area contributed by atoms with Crippen molar-refractivity contribution < 1.29 is 80.9 Å². The monoisotopic (exact) mass is 1100 g/mol. The molecule has 77 heavy (non-hydrogen) atoms. The van der Waals surface area contributed by atoms with Gasteiger partial charge in [-0.1, -0.05) is 62.3 Å². The number of nitrogens with two attached hydrogens (primary N) is 1. The van der Waals surface area contributed by atoms with Crippen LogP contribution in [0, 0.1) is 53.3 Å². The molecular formula is C57H101N3O17. The lowest BCUT2D eigenvalue weighted by Gasteiger charge is -2.43. The Morgan fingerprint density at radius 3 is 1.27 bits per heavy atom. The Morgan fingerprint density at radius 1 is 0.429 bits per heavy atom. The Morgan fingerprint density at radius 2 is 0.818 bits per heavy atom. The van der Waals surface area contributed by atoms with Gasteiger partial charge in [-0.3, -0.25) is 28.8 Å². The molecule has 2 amide bonds. The quantitative estimate of drug-likeness (QED) is 0.0361. The number of esters is 3. The van der Waals surface area contributed by atoms with Gasteiger partial charge in [0.2, 0.25) is 11.8 Å². The highest BCUT2D eigenvalue weighted by atomic mass is 16.7. The number of ketones is 1. The lowest BCUT2D eigenvalue weighted by molar-refractivity contribution is -0.255. The molecule has 0 aromatic carbocycles. The molecule has 20 nitrogen and oxygen atoms in total. The smallest absolute Gasteiger partial charge is 0.302 e. The van der Waals surface area contributed by atoms with Gasteiger partial charge >= 0.3 is 17.9 Å². The summed E-state index contributed by atoms with van der Waals surface area (Å²) in [4.78, 5) is 72.5. The van der Waals surface area contributed by atoms with Gasteiger partial charge in [-0.15, -0.1) is 0 Å². The van der Waals surface area contributed by atoms with Crippen LogP contribution in [0.5, 0.6) is 0 Å². The van der Waals surface area contributed by atoms with E-state index in [1.54, 1.807) is 0 Å². The van der Waals surface area contributed by atoms with E-state index in [0.29, 0.717) is 75.7 Å². The summed E-state index contributed by atoms with van der Waals surface area (Å²) in [5.74, 6) is 1.05. The highest BCUT2D eigenvalue weighted by molar-refractivity contribution is 5.78. The van der Waals surface area contributed by atoms with E-state index in [1.165, 1.54) is 20.8 Å². The van der Waals surface area contributed by atoms with Crippen LogP contribution in [0.4, 0.5) is 0 Å². The summed E-state index contributed by atoms with van der Waals surface area (Å²) in [7, 11) is 0. The molecule has 3 aliphatic heterocycles. The number of Topliss-reactive ketones (excluding diaryl/α,β-unsaturated/α-hetero) is 1. The first-order chi connectivity index (χ1) is 36.5. The Bertz CT molecular complexity index is 1560. The van der Waals surface area contributed by atoms with Crippen LogP contribution in [-0.4, -0.2) is 164 Å². The molecule has 3 heterocycles. The Hall–Kier alpha value is -3.34. The maximum absolute atomic E-state index is 12.8. The molecule has 7 unspecified atom stereocenters. The second-order valence-corrected chi connectivity index (χ2v) is 22.5. The molecule has 3 saturated heterocycles. The lowest BCUT2D eigenvalue weighted by Crippen LogP contribution is -2.53. The third-order valence-corrected chi connectivity index (χ3v) is 16.4. The number of amides is 2. The van der Waals surface area contributed by atoms with E-state index in [4.69, 9.17) is 57.8 Å². The van der Waals surface area contributed by atoms with Crippen molar-refractivity contribution in [1.29, 1.82) is 0 Å². The van der Waals surface area contributed by atoms with Crippen LogP contribution in [0.15, 0.2) is 0 Å². The highest BCUT2D eigenvalue weighted by Gasteiger charge is 2.42. The molecule has 3 aliphatic rings. The van der Waals surface area contributed by atoms with Gasteiger partial charge in [0.1, 0.15) is 25.6 Å². The molecule has 0 aliphatic carbocycles. The van der Waals surface area contributed by atoms with Gasteiger partial charge < -0.3 is 68.5 Å². The first-order valence-corrected chi connectivity index (χ1v) is 28.7. The van der Waals surface area contributed by atoms with Crippen molar-refractivity contribution in [3.63, 3.8) is 0 Å². The minimum Gasteiger partial charge on any atom is -0.463 e.